The number of nitrogens with zero attached hydrogens (tertiary/aromatic N) is 2. The molecule has 0 bridgehead atoms. The predicted molar refractivity (Wildman–Crippen MR) is 87.7 cm³/mol. The molecule has 0 saturated heterocycles. The van der Waals surface area contributed by atoms with Gasteiger partial charge in [0, 0.05) is 0 Å². The van der Waals surface area contributed by atoms with Gasteiger partial charge in [-0.3, -0.25) is 9.59 Å². The van der Waals surface area contributed by atoms with Gasteiger partial charge >= 0.3 is 11.8 Å². The zero-order valence-corrected chi connectivity index (χ0v) is 12.4. The molecule has 0 spiro atoms. The summed E-state index contributed by atoms with van der Waals surface area (Å²) in [7, 11) is 0. The molecule has 0 atom stereocenters. The lowest BCUT2D eigenvalue weighted by molar-refractivity contribution is -0.139. The molecule has 2 amide bonds. The van der Waals surface area contributed by atoms with E-state index in [1.54, 1.807) is 24.3 Å². The van der Waals surface area contributed by atoms with Crippen molar-refractivity contribution in [3.63, 3.8) is 0 Å². The lowest BCUT2D eigenvalue weighted by Gasteiger charge is -1.99. The highest BCUT2D eigenvalue weighted by molar-refractivity contribution is 6.35. The first-order valence-electron chi connectivity index (χ1n) is 6.79. The number of benzene rings is 2. The monoisotopic (exact) mass is 326 g/mol. The van der Waals surface area contributed by atoms with Crippen LogP contribution in [-0.2, 0) is 9.59 Å². The molecule has 4 N–H and O–H groups in total. The highest BCUT2D eigenvalue weighted by Gasteiger charge is 2.10. The molecule has 0 fully saturated rings. The molecule has 0 unspecified atom stereocenters. The Bertz CT molecular complexity index is 735. The van der Waals surface area contributed by atoms with Crippen molar-refractivity contribution in [2.75, 3.05) is 0 Å². The van der Waals surface area contributed by atoms with E-state index in [2.05, 4.69) is 10.2 Å². The van der Waals surface area contributed by atoms with Crippen molar-refractivity contribution in [3.05, 3.63) is 59.7 Å². The summed E-state index contributed by atoms with van der Waals surface area (Å²) < 4.78 is 0. The fourth-order valence-corrected chi connectivity index (χ4v) is 1.64. The van der Waals surface area contributed by atoms with E-state index in [-0.39, 0.29) is 11.5 Å². The summed E-state index contributed by atoms with van der Waals surface area (Å²) in [5.74, 6) is -1.88. The van der Waals surface area contributed by atoms with Crippen molar-refractivity contribution in [3.8, 4) is 11.5 Å². The lowest BCUT2D eigenvalue weighted by atomic mass is 10.2. The Morgan fingerprint density at radius 1 is 0.792 bits per heavy atom. The third kappa shape index (κ3) is 5.26. The number of phenols is 2. The standard InChI is InChI=1S/C16H14N4O4/c21-13-5-1-3-11(7-13)9-17-19-15(23)16(24)20-18-10-12-4-2-6-14(22)8-12/h1-10,21-22H,(H,19,23)(H,20,24)/b17-9+,18-10?. The van der Waals surface area contributed by atoms with E-state index in [1.165, 1.54) is 36.7 Å². The summed E-state index contributed by atoms with van der Waals surface area (Å²) in [6.45, 7) is 0. The predicted octanol–water partition coefficient (Wildman–Crippen LogP) is 0.698. The molecule has 0 radical (unpaired) electrons. The van der Waals surface area contributed by atoms with Crippen LogP contribution in [0.5, 0.6) is 11.5 Å². The fourth-order valence-electron chi connectivity index (χ4n) is 1.64. The molecule has 2 aromatic rings. The van der Waals surface area contributed by atoms with Crippen LogP contribution in [0, 0.1) is 0 Å². The Labute approximate surface area is 137 Å². The molecular formula is C16H14N4O4. The number of amides is 2. The van der Waals surface area contributed by atoms with Crippen LogP contribution in [0.25, 0.3) is 0 Å². The molecule has 2 rings (SSSR count). The number of hydrazone groups is 2. The number of rotatable bonds is 4. The van der Waals surface area contributed by atoms with Gasteiger partial charge in [-0.25, -0.2) is 10.9 Å². The van der Waals surface area contributed by atoms with Crippen molar-refractivity contribution in [1.82, 2.24) is 10.9 Å². The van der Waals surface area contributed by atoms with Crippen molar-refractivity contribution in [2.24, 2.45) is 10.2 Å². The smallest absolute Gasteiger partial charge is 0.331 e. The highest BCUT2D eigenvalue weighted by atomic mass is 16.3. The van der Waals surface area contributed by atoms with Crippen LogP contribution in [-0.4, -0.2) is 34.5 Å². The van der Waals surface area contributed by atoms with E-state index < -0.39 is 11.8 Å². The quantitative estimate of drug-likeness (QED) is 0.375. The zero-order valence-electron chi connectivity index (χ0n) is 12.4. The highest BCUT2D eigenvalue weighted by Crippen LogP contribution is 2.09. The zero-order chi connectivity index (χ0) is 17.4. The first-order valence-corrected chi connectivity index (χ1v) is 6.79. The molecule has 0 aliphatic carbocycles. The molecule has 122 valence electrons. The third-order valence-electron chi connectivity index (χ3n) is 2.71. The lowest BCUT2D eigenvalue weighted by Crippen LogP contribution is -2.35. The Morgan fingerprint density at radius 2 is 1.21 bits per heavy atom. The van der Waals surface area contributed by atoms with Crippen LogP contribution < -0.4 is 10.9 Å². The summed E-state index contributed by atoms with van der Waals surface area (Å²) in [4.78, 5) is 23.0. The minimum Gasteiger partial charge on any atom is -0.508 e. The van der Waals surface area contributed by atoms with E-state index >= 15 is 0 Å². The number of carbonyl (C=O) groups is 2. The molecular weight excluding hydrogens is 312 g/mol. The number of hydrogen-bond donors (Lipinski definition) is 4. The molecule has 8 heteroatoms. The van der Waals surface area contributed by atoms with Crippen LogP contribution >= 0.6 is 0 Å². The molecule has 8 nitrogen and oxygen atoms in total. The third-order valence-corrected chi connectivity index (χ3v) is 2.71. The Kier molecular flexibility index (Phi) is 5.62. The van der Waals surface area contributed by atoms with Gasteiger partial charge in [-0.15, -0.1) is 0 Å². The Morgan fingerprint density at radius 3 is 1.58 bits per heavy atom. The van der Waals surface area contributed by atoms with E-state index in [0.29, 0.717) is 11.1 Å². The molecule has 0 saturated carbocycles. The summed E-state index contributed by atoms with van der Waals surface area (Å²) >= 11 is 0. The maximum atomic E-state index is 11.5. The van der Waals surface area contributed by atoms with Crippen molar-refractivity contribution >= 4 is 24.2 Å². The van der Waals surface area contributed by atoms with E-state index in [1.807, 2.05) is 10.9 Å². The molecule has 0 heterocycles. The van der Waals surface area contributed by atoms with E-state index in [4.69, 9.17) is 0 Å². The molecule has 0 aliphatic heterocycles. The summed E-state index contributed by atoms with van der Waals surface area (Å²) in [5, 5.41) is 25.7. The minimum atomic E-state index is -1.00. The van der Waals surface area contributed by atoms with Gasteiger partial charge in [0.25, 0.3) is 0 Å². The number of aromatic hydroxyl groups is 2. The normalized spacial score (nSPS) is 10.8. The molecule has 2 aromatic carbocycles. The van der Waals surface area contributed by atoms with Gasteiger partial charge in [0.15, 0.2) is 0 Å². The minimum absolute atomic E-state index is 0.0595. The molecule has 0 aromatic heterocycles. The second-order valence-corrected chi connectivity index (χ2v) is 4.59. The van der Waals surface area contributed by atoms with Crippen LogP contribution in [0.4, 0.5) is 0 Å². The van der Waals surface area contributed by atoms with E-state index in [9.17, 15) is 19.8 Å². The van der Waals surface area contributed by atoms with Crippen molar-refractivity contribution in [1.29, 1.82) is 0 Å². The number of hydrogen-bond acceptors (Lipinski definition) is 6. The van der Waals surface area contributed by atoms with Crippen molar-refractivity contribution < 1.29 is 19.8 Å². The Hall–Kier alpha value is -3.68. The molecule has 0 aliphatic rings. The first-order chi connectivity index (χ1) is 11.5. The summed E-state index contributed by atoms with van der Waals surface area (Å²) in [6.07, 6.45) is 2.56. The molecule has 24 heavy (non-hydrogen) atoms. The van der Waals surface area contributed by atoms with Gasteiger partial charge in [0.1, 0.15) is 11.5 Å². The SMILES string of the molecule is O=C(NN=Cc1cccc(O)c1)C(=O)N/N=C/c1cccc(O)c1. The van der Waals surface area contributed by atoms with Gasteiger partial charge in [0.2, 0.25) is 0 Å². The first kappa shape index (κ1) is 16.7. The van der Waals surface area contributed by atoms with Crippen LogP contribution in [0.1, 0.15) is 11.1 Å². The van der Waals surface area contributed by atoms with Gasteiger partial charge in [0.05, 0.1) is 12.4 Å². The van der Waals surface area contributed by atoms with Crippen molar-refractivity contribution in [2.45, 2.75) is 0 Å². The second-order valence-electron chi connectivity index (χ2n) is 4.59. The van der Waals surface area contributed by atoms with E-state index in [0.717, 1.165) is 0 Å². The largest absolute Gasteiger partial charge is 0.508 e. The fraction of sp³-hybridized carbons (Fsp3) is 0. The summed E-state index contributed by atoms with van der Waals surface area (Å²) in [5.41, 5.74) is 5.17. The number of phenolic OH excluding ortho intramolecular Hbond substituents is 2. The second kappa shape index (κ2) is 8.08. The summed E-state index contributed by atoms with van der Waals surface area (Å²) in [6, 6.07) is 12.4. The van der Waals surface area contributed by atoms with Crippen LogP contribution in [0.15, 0.2) is 58.7 Å². The maximum absolute atomic E-state index is 11.5. The van der Waals surface area contributed by atoms with Gasteiger partial charge < -0.3 is 10.2 Å². The maximum Gasteiger partial charge on any atom is 0.331 e. The van der Waals surface area contributed by atoms with Gasteiger partial charge in [-0.1, -0.05) is 24.3 Å². The Balaban J connectivity index is 1.83. The number of nitrogens with one attached hydrogen (secondary N) is 2. The van der Waals surface area contributed by atoms with Crippen LogP contribution in [0.2, 0.25) is 0 Å². The van der Waals surface area contributed by atoms with Crippen LogP contribution in [0.3, 0.4) is 0 Å². The average molecular weight is 326 g/mol. The van der Waals surface area contributed by atoms with Gasteiger partial charge in [-0.2, -0.15) is 10.2 Å². The van der Waals surface area contributed by atoms with Gasteiger partial charge in [-0.05, 0) is 35.4 Å². The average Bonchev–Trinajstić information content (AvgIpc) is 2.55. The number of carbonyl (C=O) groups excluding carboxylic acids is 2. The topological polar surface area (TPSA) is 123 Å².